The van der Waals surface area contributed by atoms with Crippen LogP contribution in [0, 0.1) is 11.6 Å². The molecule has 0 aromatic heterocycles. The maximum absolute atomic E-state index is 15.3. The number of rotatable bonds is 4. The molecule has 2 aliphatic heterocycles. The van der Waals surface area contributed by atoms with Crippen LogP contribution >= 0.6 is 0 Å². The number of halogens is 2. The summed E-state index contributed by atoms with van der Waals surface area (Å²) in [5.74, 6) is -0.326. The monoisotopic (exact) mass is 852 g/mol. The average molecular weight is 853 g/mol. The Morgan fingerprint density at radius 2 is 0.908 bits per heavy atom. The first-order valence-corrected chi connectivity index (χ1v) is 24.0. The van der Waals surface area contributed by atoms with E-state index in [1.165, 1.54) is 54.9 Å². The van der Waals surface area contributed by atoms with E-state index in [4.69, 9.17) is 0 Å². The zero-order valence-corrected chi connectivity index (χ0v) is 37.8. The predicted octanol–water partition coefficient (Wildman–Crippen LogP) is 16.1. The Hall–Kier alpha value is -6.26. The van der Waals surface area contributed by atoms with Gasteiger partial charge < -0.3 is 9.80 Å². The van der Waals surface area contributed by atoms with Crippen LogP contribution in [0.25, 0.3) is 32.7 Å². The second-order valence-electron chi connectivity index (χ2n) is 20.9. The molecule has 0 bridgehead atoms. The van der Waals surface area contributed by atoms with Gasteiger partial charge in [0.25, 0.3) is 0 Å². The largest absolute Gasteiger partial charge is 0.334 e. The lowest BCUT2D eigenvalue weighted by Crippen LogP contribution is -2.54. The average Bonchev–Trinajstić information content (AvgIpc) is 3.83. The van der Waals surface area contributed by atoms with E-state index in [0.29, 0.717) is 0 Å². The first kappa shape index (κ1) is 39.1. The molecule has 0 spiro atoms. The molecule has 2 fully saturated rings. The Balaban J connectivity index is 1.12. The minimum atomic E-state index is -0.680. The van der Waals surface area contributed by atoms with Crippen molar-refractivity contribution in [2.24, 2.45) is 0 Å². The van der Waals surface area contributed by atoms with Crippen molar-refractivity contribution < 1.29 is 8.78 Å². The fraction of sp³-hybridized carbons (Fsp3) is 0.279. The van der Waals surface area contributed by atoms with Crippen molar-refractivity contribution in [3.8, 4) is 11.1 Å². The molecule has 3 aliphatic carbocycles. The summed E-state index contributed by atoms with van der Waals surface area (Å²) in [5.41, 5.74) is 12.9. The van der Waals surface area contributed by atoms with Crippen molar-refractivity contribution in [2.75, 3.05) is 9.80 Å². The quantitative estimate of drug-likeness (QED) is 0.163. The van der Waals surface area contributed by atoms with Gasteiger partial charge in [0.2, 0.25) is 0 Å². The third-order valence-corrected chi connectivity index (χ3v) is 18.1. The number of hydrogen-bond acceptors (Lipinski definition) is 2. The van der Waals surface area contributed by atoms with Crippen molar-refractivity contribution in [3.05, 3.63) is 203 Å². The normalized spacial score (nSPS) is 25.8. The van der Waals surface area contributed by atoms with Gasteiger partial charge in [-0.2, -0.15) is 0 Å². The van der Waals surface area contributed by atoms with Gasteiger partial charge >= 0.3 is 0 Å². The van der Waals surface area contributed by atoms with Crippen LogP contribution in [0.4, 0.5) is 31.5 Å². The van der Waals surface area contributed by atoms with E-state index in [2.05, 4.69) is 159 Å². The molecule has 65 heavy (non-hydrogen) atoms. The fourth-order valence-corrected chi connectivity index (χ4v) is 14.7. The van der Waals surface area contributed by atoms with E-state index in [-0.39, 0.29) is 33.5 Å². The smallest absolute Gasteiger partial charge is 0.123 e. The lowest BCUT2D eigenvalue weighted by atomic mass is 9.61. The van der Waals surface area contributed by atoms with Crippen molar-refractivity contribution in [1.82, 2.24) is 0 Å². The van der Waals surface area contributed by atoms with E-state index in [1.807, 2.05) is 24.3 Å². The predicted molar refractivity (Wildman–Crippen MR) is 264 cm³/mol. The molecule has 13 rings (SSSR count). The van der Waals surface area contributed by atoms with Gasteiger partial charge in [0.15, 0.2) is 0 Å². The number of fused-ring (bicyclic) bond motifs is 14. The highest BCUT2D eigenvalue weighted by atomic mass is 19.1. The molecule has 2 nitrogen and oxygen atoms in total. The Kier molecular flexibility index (Phi) is 8.07. The highest BCUT2D eigenvalue weighted by Gasteiger charge is 2.60. The summed E-state index contributed by atoms with van der Waals surface area (Å²) in [6, 6.07) is 56.8. The van der Waals surface area contributed by atoms with Crippen LogP contribution in [0.5, 0.6) is 0 Å². The number of anilines is 4. The number of benzene rings is 8. The van der Waals surface area contributed by atoms with Gasteiger partial charge in [-0.15, -0.1) is 0 Å². The lowest BCUT2D eigenvalue weighted by Gasteiger charge is -2.50. The van der Waals surface area contributed by atoms with Crippen molar-refractivity contribution in [3.63, 3.8) is 0 Å². The highest BCUT2D eigenvalue weighted by molar-refractivity contribution is 6.20. The fourth-order valence-electron chi connectivity index (χ4n) is 14.7. The lowest BCUT2D eigenvalue weighted by molar-refractivity contribution is 0.194. The SMILES string of the molecule is CC12CCCCC1(C)N(c1ccc3c(c1)C(c1ccccc1)(c1ccccc1)c1c-3c3ccccc3c3cc(N4c5ccc(F)cc5C5(C)CCCCC45C)ccc13)c1ccc(F)cc12. The first-order chi connectivity index (χ1) is 31.5. The summed E-state index contributed by atoms with van der Waals surface area (Å²) >= 11 is 0. The van der Waals surface area contributed by atoms with E-state index >= 15 is 8.78 Å². The van der Waals surface area contributed by atoms with Crippen LogP contribution in [-0.4, -0.2) is 11.1 Å². The van der Waals surface area contributed by atoms with Gasteiger partial charge in [0.05, 0.1) is 16.5 Å². The Morgan fingerprint density at radius 1 is 0.415 bits per heavy atom. The third-order valence-electron chi connectivity index (χ3n) is 18.1. The van der Waals surface area contributed by atoms with Gasteiger partial charge in [-0.05, 0) is 166 Å². The maximum atomic E-state index is 15.3. The standard InChI is InChI=1S/C61H54F2N2/c1-57-31-13-15-33-59(57,3)64(53-29-23-41(62)35-51(53)57)43-25-27-47-49(37-43)45-21-11-12-22-46(45)55-48-28-26-44(65-54-30-24-42(63)36-52(54)58(2)32-14-16-34-60(58,65)4)38-50(48)61(56(47)55,39-17-7-5-8-18-39)40-19-9-6-10-20-40/h5-12,17-30,35-38H,13-16,31-34H2,1-4H3. The summed E-state index contributed by atoms with van der Waals surface area (Å²) < 4.78 is 30.5. The highest BCUT2D eigenvalue weighted by Crippen LogP contribution is 2.66. The molecular weight excluding hydrogens is 799 g/mol. The van der Waals surface area contributed by atoms with Crippen LogP contribution in [0.1, 0.15) is 112 Å². The second-order valence-corrected chi connectivity index (χ2v) is 20.9. The van der Waals surface area contributed by atoms with Gasteiger partial charge in [-0.25, -0.2) is 8.78 Å². The molecule has 8 aromatic carbocycles. The van der Waals surface area contributed by atoms with E-state index in [9.17, 15) is 0 Å². The second kappa shape index (κ2) is 13.4. The van der Waals surface area contributed by atoms with Gasteiger partial charge in [-0.3, -0.25) is 0 Å². The Bertz CT molecular complexity index is 3250. The van der Waals surface area contributed by atoms with Crippen molar-refractivity contribution in [1.29, 1.82) is 0 Å². The molecule has 322 valence electrons. The summed E-state index contributed by atoms with van der Waals surface area (Å²) in [5, 5.41) is 4.92. The molecule has 4 heteroatoms. The molecule has 2 saturated carbocycles. The molecule has 2 heterocycles. The van der Waals surface area contributed by atoms with E-state index in [0.717, 1.165) is 85.2 Å². The van der Waals surface area contributed by atoms with E-state index < -0.39 is 5.41 Å². The summed E-state index contributed by atoms with van der Waals surface area (Å²) in [6.07, 6.45) is 8.73. The molecule has 4 unspecified atom stereocenters. The van der Waals surface area contributed by atoms with Crippen LogP contribution in [0.15, 0.2) is 158 Å². The molecule has 8 aromatic rings. The number of nitrogens with zero attached hydrogens (tertiary/aromatic N) is 2. The van der Waals surface area contributed by atoms with Crippen molar-refractivity contribution >= 4 is 44.3 Å². The third kappa shape index (κ3) is 4.83. The van der Waals surface area contributed by atoms with E-state index in [1.54, 1.807) is 12.1 Å². The molecule has 0 amide bonds. The maximum Gasteiger partial charge on any atom is 0.123 e. The minimum absolute atomic E-state index is 0.162. The van der Waals surface area contributed by atoms with Crippen molar-refractivity contribution in [2.45, 2.75) is 106 Å². The van der Waals surface area contributed by atoms with Crippen LogP contribution < -0.4 is 9.80 Å². The number of hydrogen-bond donors (Lipinski definition) is 0. The Morgan fingerprint density at radius 3 is 1.48 bits per heavy atom. The van der Waals surface area contributed by atoms with Crippen LogP contribution in [-0.2, 0) is 16.2 Å². The van der Waals surface area contributed by atoms with Crippen LogP contribution in [0.2, 0.25) is 0 Å². The minimum Gasteiger partial charge on any atom is -0.334 e. The van der Waals surface area contributed by atoms with Gasteiger partial charge in [0, 0.05) is 33.6 Å². The molecule has 5 aliphatic rings. The van der Waals surface area contributed by atoms with Gasteiger partial charge in [-0.1, -0.05) is 137 Å². The molecule has 0 radical (unpaired) electrons. The topological polar surface area (TPSA) is 6.48 Å². The van der Waals surface area contributed by atoms with Gasteiger partial charge in [0.1, 0.15) is 11.6 Å². The summed E-state index contributed by atoms with van der Waals surface area (Å²) in [6.45, 7) is 9.61. The summed E-state index contributed by atoms with van der Waals surface area (Å²) in [7, 11) is 0. The molecule has 0 N–H and O–H groups in total. The molecule has 4 atom stereocenters. The first-order valence-electron chi connectivity index (χ1n) is 24.0. The Labute approximate surface area is 381 Å². The molecular formula is C61H54F2N2. The molecule has 0 saturated heterocycles. The summed E-state index contributed by atoms with van der Waals surface area (Å²) in [4.78, 5) is 5.16. The van der Waals surface area contributed by atoms with Crippen LogP contribution in [0.3, 0.4) is 0 Å². The zero-order chi connectivity index (χ0) is 44.1. The zero-order valence-electron chi connectivity index (χ0n) is 37.8.